The largest absolute Gasteiger partial charge is 0.355 e. The van der Waals surface area contributed by atoms with Gasteiger partial charge in [-0.2, -0.15) is 0 Å². The number of halogens is 1. The van der Waals surface area contributed by atoms with Crippen LogP contribution < -0.4 is 11.1 Å². The summed E-state index contributed by atoms with van der Waals surface area (Å²) < 4.78 is 0. The molecular weight excluding hydrogens is 296 g/mol. The summed E-state index contributed by atoms with van der Waals surface area (Å²) in [4.78, 5) is 12.4. The normalized spacial score (nSPS) is 29.2. The predicted octanol–water partition coefficient (Wildman–Crippen LogP) is 2.76. The molecule has 1 aromatic carbocycles. The summed E-state index contributed by atoms with van der Waals surface area (Å²) in [7, 11) is 0. The van der Waals surface area contributed by atoms with E-state index in [9.17, 15) is 4.79 Å². The van der Waals surface area contributed by atoms with Crippen molar-refractivity contribution in [1.29, 1.82) is 0 Å². The first-order chi connectivity index (χ1) is 10.1. The molecule has 2 saturated carbocycles. The Morgan fingerprint density at radius 2 is 1.86 bits per heavy atom. The average Bonchev–Trinajstić information content (AvgIpc) is 3.02. The monoisotopic (exact) mass is 322 g/mol. The molecule has 4 unspecified atom stereocenters. The maximum atomic E-state index is 12.4. The molecule has 0 spiro atoms. The van der Waals surface area contributed by atoms with Crippen molar-refractivity contribution in [2.24, 2.45) is 23.5 Å². The van der Waals surface area contributed by atoms with Crippen molar-refractivity contribution in [1.82, 2.24) is 5.32 Å². The van der Waals surface area contributed by atoms with Crippen LogP contribution in [0.25, 0.3) is 0 Å². The highest BCUT2D eigenvalue weighted by molar-refractivity contribution is 5.85. The number of fused-ring (bicyclic) bond motifs is 2. The number of carbonyl (C=O) groups excluding carboxylic acids is 1. The summed E-state index contributed by atoms with van der Waals surface area (Å²) >= 11 is 0. The molecule has 0 aliphatic heterocycles. The molecule has 0 heterocycles. The molecule has 22 heavy (non-hydrogen) atoms. The molecule has 3 N–H and O–H groups in total. The fourth-order valence-electron chi connectivity index (χ4n) is 4.40. The van der Waals surface area contributed by atoms with Gasteiger partial charge in [-0.25, -0.2) is 0 Å². The van der Waals surface area contributed by atoms with Crippen LogP contribution in [0.4, 0.5) is 0 Å². The van der Waals surface area contributed by atoms with E-state index in [2.05, 4.69) is 37.4 Å². The van der Waals surface area contributed by atoms with E-state index in [4.69, 9.17) is 5.73 Å². The van der Waals surface area contributed by atoms with E-state index < -0.39 is 0 Å². The number of nitrogens with two attached hydrogens (primary N) is 1. The van der Waals surface area contributed by atoms with E-state index in [1.165, 1.54) is 29.5 Å². The van der Waals surface area contributed by atoms with Crippen LogP contribution in [0.5, 0.6) is 0 Å². The lowest BCUT2D eigenvalue weighted by Crippen LogP contribution is -2.45. The minimum atomic E-state index is 0. The lowest BCUT2D eigenvalue weighted by molar-refractivity contribution is -0.127. The quantitative estimate of drug-likeness (QED) is 0.895. The number of hydrogen-bond donors (Lipinski definition) is 2. The molecule has 0 aromatic heterocycles. The Balaban J connectivity index is 0.00000176. The zero-order valence-electron chi connectivity index (χ0n) is 13.5. The second-order valence-electron chi connectivity index (χ2n) is 6.85. The summed E-state index contributed by atoms with van der Waals surface area (Å²) in [5.41, 5.74) is 10.2. The van der Waals surface area contributed by atoms with Gasteiger partial charge in [0.05, 0.1) is 5.92 Å². The SMILES string of the molecule is Cc1cccc(C)c1CCNC(=O)C1C2CCC(C2)C1N.Cl. The number of amides is 1. The van der Waals surface area contributed by atoms with Crippen molar-refractivity contribution in [3.8, 4) is 0 Å². The van der Waals surface area contributed by atoms with Crippen molar-refractivity contribution in [3.63, 3.8) is 0 Å². The zero-order valence-corrected chi connectivity index (χ0v) is 14.3. The Bertz CT molecular complexity index is 524. The van der Waals surface area contributed by atoms with Crippen molar-refractivity contribution >= 4 is 18.3 Å². The minimum absolute atomic E-state index is 0. The first-order valence-electron chi connectivity index (χ1n) is 8.16. The van der Waals surface area contributed by atoms with Gasteiger partial charge >= 0.3 is 0 Å². The van der Waals surface area contributed by atoms with E-state index in [0.29, 0.717) is 18.4 Å². The molecule has 2 aliphatic carbocycles. The number of rotatable bonds is 4. The minimum Gasteiger partial charge on any atom is -0.355 e. The Hall–Kier alpha value is -1.06. The van der Waals surface area contributed by atoms with Crippen LogP contribution in [0.2, 0.25) is 0 Å². The molecule has 1 aromatic rings. The average molecular weight is 323 g/mol. The van der Waals surface area contributed by atoms with E-state index in [1.807, 2.05) is 0 Å². The second-order valence-corrected chi connectivity index (χ2v) is 6.85. The van der Waals surface area contributed by atoms with Gasteiger partial charge in [-0.05, 0) is 68.1 Å². The van der Waals surface area contributed by atoms with E-state index in [-0.39, 0.29) is 30.3 Å². The van der Waals surface area contributed by atoms with Crippen molar-refractivity contribution < 1.29 is 4.79 Å². The van der Waals surface area contributed by atoms with Gasteiger partial charge in [0.2, 0.25) is 5.91 Å². The van der Waals surface area contributed by atoms with E-state index >= 15 is 0 Å². The number of aryl methyl sites for hydroxylation is 2. The molecular formula is C18H27ClN2O. The highest BCUT2D eigenvalue weighted by Gasteiger charge is 2.48. The Labute approximate surface area is 139 Å². The third-order valence-electron chi connectivity index (χ3n) is 5.60. The van der Waals surface area contributed by atoms with Crippen LogP contribution in [0.3, 0.4) is 0 Å². The van der Waals surface area contributed by atoms with E-state index in [1.54, 1.807) is 0 Å². The Kier molecular flexibility index (Phi) is 5.51. The number of hydrogen-bond acceptors (Lipinski definition) is 2. The van der Waals surface area contributed by atoms with Gasteiger partial charge in [0.25, 0.3) is 0 Å². The third-order valence-corrected chi connectivity index (χ3v) is 5.60. The molecule has 0 radical (unpaired) electrons. The topological polar surface area (TPSA) is 55.1 Å². The van der Waals surface area contributed by atoms with Gasteiger partial charge in [0.15, 0.2) is 0 Å². The lowest BCUT2D eigenvalue weighted by Gasteiger charge is -2.27. The van der Waals surface area contributed by atoms with E-state index in [0.717, 1.165) is 12.8 Å². The molecule has 3 rings (SSSR count). The summed E-state index contributed by atoms with van der Waals surface area (Å²) in [5, 5.41) is 3.12. The molecule has 3 nitrogen and oxygen atoms in total. The standard InChI is InChI=1S/C18H26N2O.ClH/c1-11-4-3-5-12(2)15(11)8-9-20-18(21)16-13-6-7-14(10-13)17(16)19;/h3-5,13-14,16-17H,6-10,19H2,1-2H3,(H,20,21);1H. The molecule has 4 atom stereocenters. The van der Waals surface area contributed by atoms with Crippen LogP contribution in [0, 0.1) is 31.6 Å². The fraction of sp³-hybridized carbons (Fsp3) is 0.611. The van der Waals surface area contributed by atoms with Crippen LogP contribution in [-0.4, -0.2) is 18.5 Å². The highest BCUT2D eigenvalue weighted by Crippen LogP contribution is 2.47. The summed E-state index contributed by atoms with van der Waals surface area (Å²) in [6, 6.07) is 6.44. The number of carbonyl (C=O) groups is 1. The summed E-state index contributed by atoms with van der Waals surface area (Å²) in [5.74, 6) is 1.36. The molecule has 1 amide bonds. The van der Waals surface area contributed by atoms with Crippen LogP contribution in [0.15, 0.2) is 18.2 Å². The molecule has 0 saturated heterocycles. The van der Waals surface area contributed by atoms with Crippen molar-refractivity contribution in [2.45, 2.75) is 45.6 Å². The lowest BCUT2D eigenvalue weighted by atomic mass is 9.84. The van der Waals surface area contributed by atoms with Gasteiger partial charge in [-0.15, -0.1) is 12.4 Å². The zero-order chi connectivity index (χ0) is 15.0. The molecule has 2 aliphatic rings. The Morgan fingerprint density at radius 3 is 2.45 bits per heavy atom. The number of nitrogens with one attached hydrogen (secondary N) is 1. The third kappa shape index (κ3) is 3.16. The van der Waals surface area contributed by atoms with Gasteiger partial charge in [-0.1, -0.05) is 18.2 Å². The van der Waals surface area contributed by atoms with Gasteiger partial charge < -0.3 is 11.1 Å². The van der Waals surface area contributed by atoms with Gasteiger partial charge in [0, 0.05) is 12.6 Å². The second kappa shape index (κ2) is 7.01. The van der Waals surface area contributed by atoms with Gasteiger partial charge in [-0.3, -0.25) is 4.79 Å². The van der Waals surface area contributed by atoms with Gasteiger partial charge in [0.1, 0.15) is 0 Å². The van der Waals surface area contributed by atoms with Crippen molar-refractivity contribution in [3.05, 3.63) is 34.9 Å². The fourth-order valence-corrected chi connectivity index (χ4v) is 4.40. The first-order valence-corrected chi connectivity index (χ1v) is 8.16. The predicted molar refractivity (Wildman–Crippen MR) is 92.2 cm³/mol. The molecule has 122 valence electrons. The highest BCUT2D eigenvalue weighted by atomic mass is 35.5. The van der Waals surface area contributed by atoms with Crippen molar-refractivity contribution in [2.75, 3.05) is 6.54 Å². The smallest absolute Gasteiger partial charge is 0.224 e. The molecule has 2 fully saturated rings. The van der Waals surface area contributed by atoms with Crippen LogP contribution in [0.1, 0.15) is 36.0 Å². The number of benzene rings is 1. The maximum Gasteiger partial charge on any atom is 0.224 e. The van der Waals surface area contributed by atoms with Crippen LogP contribution in [-0.2, 0) is 11.2 Å². The van der Waals surface area contributed by atoms with Crippen LogP contribution >= 0.6 is 12.4 Å². The Morgan fingerprint density at radius 1 is 1.23 bits per heavy atom. The summed E-state index contributed by atoms with van der Waals surface area (Å²) in [6.07, 6.45) is 4.47. The maximum absolute atomic E-state index is 12.4. The molecule has 2 bridgehead atoms. The first kappa shape index (κ1) is 17.3. The summed E-state index contributed by atoms with van der Waals surface area (Å²) in [6.45, 7) is 4.98. The molecule has 4 heteroatoms.